The number of rotatable bonds is 2. The Morgan fingerprint density at radius 2 is 2.12 bits per heavy atom. The SMILES string of the molecule is CC1NCCCN(Cc2ccc(I)cc2)C1=O. The third-order valence-electron chi connectivity index (χ3n) is 3.02. The summed E-state index contributed by atoms with van der Waals surface area (Å²) in [5.41, 5.74) is 1.20. The van der Waals surface area contributed by atoms with Gasteiger partial charge >= 0.3 is 0 Å². The van der Waals surface area contributed by atoms with Gasteiger partial charge < -0.3 is 10.2 Å². The number of nitrogens with zero attached hydrogens (tertiary/aromatic N) is 1. The molecule has 1 unspecified atom stereocenters. The summed E-state index contributed by atoms with van der Waals surface area (Å²) in [4.78, 5) is 14.0. The summed E-state index contributed by atoms with van der Waals surface area (Å²) < 4.78 is 1.23. The quantitative estimate of drug-likeness (QED) is 0.833. The second-order valence-corrected chi connectivity index (χ2v) is 5.66. The fourth-order valence-corrected chi connectivity index (χ4v) is 2.39. The van der Waals surface area contributed by atoms with Crippen molar-refractivity contribution in [3.63, 3.8) is 0 Å². The third kappa shape index (κ3) is 3.42. The predicted octanol–water partition coefficient (Wildman–Crippen LogP) is 2.00. The number of nitrogens with one attached hydrogen (secondary N) is 1. The molecule has 4 heteroatoms. The van der Waals surface area contributed by atoms with Gasteiger partial charge in [-0.15, -0.1) is 0 Å². The van der Waals surface area contributed by atoms with E-state index in [0.29, 0.717) is 0 Å². The van der Waals surface area contributed by atoms with Gasteiger partial charge in [0.05, 0.1) is 6.04 Å². The van der Waals surface area contributed by atoms with E-state index in [1.165, 1.54) is 9.13 Å². The summed E-state index contributed by atoms with van der Waals surface area (Å²) in [6, 6.07) is 8.30. The Kier molecular flexibility index (Phi) is 4.39. The zero-order chi connectivity index (χ0) is 12.3. The molecule has 1 atom stereocenters. The first-order chi connectivity index (χ1) is 8.16. The van der Waals surface area contributed by atoms with Crippen molar-refractivity contribution in [2.24, 2.45) is 0 Å². The highest BCUT2D eigenvalue weighted by Gasteiger charge is 2.22. The minimum atomic E-state index is -0.0543. The summed E-state index contributed by atoms with van der Waals surface area (Å²) >= 11 is 2.29. The van der Waals surface area contributed by atoms with Crippen LogP contribution in [0.15, 0.2) is 24.3 Å². The lowest BCUT2D eigenvalue weighted by Gasteiger charge is -2.22. The number of carbonyl (C=O) groups is 1. The van der Waals surface area contributed by atoms with Gasteiger partial charge in [0.15, 0.2) is 0 Å². The molecule has 1 aliphatic heterocycles. The lowest BCUT2D eigenvalue weighted by molar-refractivity contribution is -0.132. The molecule has 1 aromatic carbocycles. The molecule has 17 heavy (non-hydrogen) atoms. The molecule has 0 bridgehead atoms. The van der Waals surface area contributed by atoms with Crippen molar-refractivity contribution in [3.05, 3.63) is 33.4 Å². The monoisotopic (exact) mass is 344 g/mol. The molecule has 0 saturated carbocycles. The molecular weight excluding hydrogens is 327 g/mol. The van der Waals surface area contributed by atoms with E-state index in [0.717, 1.165) is 26.1 Å². The fraction of sp³-hybridized carbons (Fsp3) is 0.462. The molecule has 0 spiro atoms. The van der Waals surface area contributed by atoms with E-state index in [9.17, 15) is 4.79 Å². The van der Waals surface area contributed by atoms with E-state index in [-0.39, 0.29) is 11.9 Å². The lowest BCUT2D eigenvalue weighted by atomic mass is 10.2. The van der Waals surface area contributed by atoms with Crippen LogP contribution in [0.3, 0.4) is 0 Å². The molecule has 0 radical (unpaired) electrons. The zero-order valence-corrected chi connectivity index (χ0v) is 12.1. The molecule has 1 fully saturated rings. The Morgan fingerprint density at radius 1 is 1.41 bits per heavy atom. The standard InChI is InChI=1S/C13H17IN2O/c1-10-13(17)16(8-2-7-15-10)9-11-3-5-12(14)6-4-11/h3-6,10,15H,2,7-9H2,1H3. The number of carbonyl (C=O) groups excluding carboxylic acids is 1. The first kappa shape index (κ1) is 12.8. The van der Waals surface area contributed by atoms with Gasteiger partial charge in [-0.05, 0) is 60.2 Å². The smallest absolute Gasteiger partial charge is 0.239 e. The van der Waals surface area contributed by atoms with Crippen molar-refractivity contribution < 1.29 is 4.79 Å². The molecule has 1 aliphatic rings. The van der Waals surface area contributed by atoms with Crippen molar-refractivity contribution in [2.45, 2.75) is 25.9 Å². The number of amides is 1. The Bertz CT molecular complexity index is 391. The maximum Gasteiger partial charge on any atom is 0.239 e. The first-order valence-corrected chi connectivity index (χ1v) is 7.01. The van der Waals surface area contributed by atoms with Crippen molar-refractivity contribution in [1.29, 1.82) is 0 Å². The predicted molar refractivity (Wildman–Crippen MR) is 76.7 cm³/mol. The number of hydrogen-bond acceptors (Lipinski definition) is 2. The molecule has 1 heterocycles. The summed E-state index contributed by atoms with van der Waals surface area (Å²) in [5, 5.41) is 3.23. The van der Waals surface area contributed by atoms with E-state index in [1.54, 1.807) is 0 Å². The van der Waals surface area contributed by atoms with Crippen molar-refractivity contribution in [2.75, 3.05) is 13.1 Å². The molecule has 1 N–H and O–H groups in total. The summed E-state index contributed by atoms with van der Waals surface area (Å²) in [6.07, 6.45) is 1.03. The van der Waals surface area contributed by atoms with Crippen molar-refractivity contribution >= 4 is 28.5 Å². The second-order valence-electron chi connectivity index (χ2n) is 4.42. The third-order valence-corrected chi connectivity index (χ3v) is 3.74. The van der Waals surface area contributed by atoms with Gasteiger partial charge in [0.2, 0.25) is 5.91 Å². The Hall–Kier alpha value is -0.620. The van der Waals surface area contributed by atoms with Crippen molar-refractivity contribution in [3.8, 4) is 0 Å². The second kappa shape index (κ2) is 5.82. The van der Waals surface area contributed by atoms with Crippen LogP contribution >= 0.6 is 22.6 Å². The Morgan fingerprint density at radius 3 is 2.82 bits per heavy atom. The molecule has 0 aromatic heterocycles. The molecule has 1 amide bonds. The van der Waals surface area contributed by atoms with Crippen LogP contribution in [-0.4, -0.2) is 29.9 Å². The summed E-state index contributed by atoms with van der Waals surface area (Å²) in [5.74, 6) is 0.209. The maximum absolute atomic E-state index is 12.1. The van der Waals surface area contributed by atoms with Gasteiger partial charge in [-0.1, -0.05) is 12.1 Å². The van der Waals surface area contributed by atoms with E-state index in [1.807, 2.05) is 11.8 Å². The van der Waals surface area contributed by atoms with Gasteiger partial charge in [0.1, 0.15) is 0 Å². The van der Waals surface area contributed by atoms with Crippen LogP contribution in [0.2, 0.25) is 0 Å². The van der Waals surface area contributed by atoms with Crippen LogP contribution in [0.1, 0.15) is 18.9 Å². The van der Waals surface area contributed by atoms with Crippen molar-refractivity contribution in [1.82, 2.24) is 10.2 Å². The van der Waals surface area contributed by atoms with Crippen LogP contribution in [0.4, 0.5) is 0 Å². The molecule has 92 valence electrons. The number of halogens is 1. The normalized spacial score (nSPS) is 21.4. The summed E-state index contributed by atoms with van der Waals surface area (Å²) in [6.45, 7) is 4.44. The minimum Gasteiger partial charge on any atom is -0.337 e. The molecule has 1 saturated heterocycles. The number of benzene rings is 1. The Balaban J connectivity index is 2.06. The van der Waals surface area contributed by atoms with Crippen LogP contribution in [-0.2, 0) is 11.3 Å². The molecule has 1 aromatic rings. The highest BCUT2D eigenvalue weighted by Crippen LogP contribution is 2.11. The molecule has 0 aliphatic carbocycles. The van der Waals surface area contributed by atoms with Gasteiger partial charge in [-0.2, -0.15) is 0 Å². The van der Waals surface area contributed by atoms with Gasteiger partial charge in [-0.3, -0.25) is 4.79 Å². The average molecular weight is 344 g/mol. The molecule has 2 rings (SSSR count). The van der Waals surface area contributed by atoms with Crippen LogP contribution in [0, 0.1) is 3.57 Å². The summed E-state index contributed by atoms with van der Waals surface area (Å²) in [7, 11) is 0. The van der Waals surface area contributed by atoms with E-state index in [2.05, 4.69) is 52.2 Å². The highest BCUT2D eigenvalue weighted by atomic mass is 127. The van der Waals surface area contributed by atoms with Gasteiger partial charge in [0, 0.05) is 16.7 Å². The largest absolute Gasteiger partial charge is 0.337 e. The van der Waals surface area contributed by atoms with Crippen LogP contribution in [0.25, 0.3) is 0 Å². The zero-order valence-electron chi connectivity index (χ0n) is 9.95. The van der Waals surface area contributed by atoms with Crippen LogP contribution < -0.4 is 5.32 Å². The molecular formula is C13H17IN2O. The van der Waals surface area contributed by atoms with Gasteiger partial charge in [0.25, 0.3) is 0 Å². The van der Waals surface area contributed by atoms with E-state index >= 15 is 0 Å². The first-order valence-electron chi connectivity index (χ1n) is 5.93. The van der Waals surface area contributed by atoms with E-state index in [4.69, 9.17) is 0 Å². The Labute approximate surface area is 116 Å². The van der Waals surface area contributed by atoms with Crippen LogP contribution in [0.5, 0.6) is 0 Å². The fourth-order valence-electron chi connectivity index (χ4n) is 2.03. The molecule has 3 nitrogen and oxygen atoms in total. The van der Waals surface area contributed by atoms with E-state index < -0.39 is 0 Å². The topological polar surface area (TPSA) is 32.3 Å². The minimum absolute atomic E-state index is 0.0543. The van der Waals surface area contributed by atoms with Gasteiger partial charge in [-0.25, -0.2) is 0 Å². The number of hydrogen-bond donors (Lipinski definition) is 1. The maximum atomic E-state index is 12.1. The highest BCUT2D eigenvalue weighted by molar-refractivity contribution is 14.1. The lowest BCUT2D eigenvalue weighted by Crippen LogP contribution is -2.41. The average Bonchev–Trinajstić information content (AvgIpc) is 2.48.